The molecule has 0 aliphatic heterocycles. The van der Waals surface area contributed by atoms with E-state index in [4.69, 9.17) is 16.3 Å². The van der Waals surface area contributed by atoms with E-state index in [2.05, 4.69) is 4.98 Å². The van der Waals surface area contributed by atoms with E-state index in [0.29, 0.717) is 17.9 Å². The van der Waals surface area contributed by atoms with E-state index in [9.17, 15) is 4.39 Å². The van der Waals surface area contributed by atoms with Gasteiger partial charge in [0, 0.05) is 18.7 Å². The third kappa shape index (κ3) is 2.52. The zero-order valence-electron chi connectivity index (χ0n) is 11.5. The van der Waals surface area contributed by atoms with Crippen molar-refractivity contribution < 1.29 is 9.13 Å². The Labute approximate surface area is 126 Å². The summed E-state index contributed by atoms with van der Waals surface area (Å²) in [6.07, 6.45) is 0. The van der Waals surface area contributed by atoms with Crippen LogP contribution in [-0.4, -0.2) is 16.7 Å². The number of hydrogen-bond donors (Lipinski definition) is 0. The molecule has 1 aromatic heterocycles. The Morgan fingerprint density at radius 2 is 2.05 bits per heavy atom. The molecule has 0 aliphatic carbocycles. The fourth-order valence-electron chi connectivity index (χ4n) is 2.47. The second-order valence-electron chi connectivity index (χ2n) is 4.69. The van der Waals surface area contributed by atoms with E-state index < -0.39 is 0 Å². The molecule has 0 atom stereocenters. The monoisotopic (exact) mass is 304 g/mol. The van der Waals surface area contributed by atoms with Gasteiger partial charge in [0.25, 0.3) is 0 Å². The van der Waals surface area contributed by atoms with Gasteiger partial charge in [0.2, 0.25) is 0 Å². The molecule has 0 radical (unpaired) electrons. The number of alkyl halides is 1. The number of fused-ring (bicyclic) bond motifs is 1. The molecule has 108 valence electrons. The summed E-state index contributed by atoms with van der Waals surface area (Å²) in [6, 6.07) is 12.4. The molecule has 3 aromatic rings. The number of rotatable bonds is 4. The topological polar surface area (TPSA) is 27.1 Å². The van der Waals surface area contributed by atoms with E-state index in [1.54, 1.807) is 13.2 Å². The molecule has 0 saturated heterocycles. The molecule has 1 heterocycles. The van der Waals surface area contributed by atoms with Gasteiger partial charge in [0.15, 0.2) is 0 Å². The first kappa shape index (κ1) is 14.0. The number of hydrogen-bond acceptors (Lipinski definition) is 2. The van der Waals surface area contributed by atoms with Crippen molar-refractivity contribution in [1.29, 1.82) is 0 Å². The maximum absolute atomic E-state index is 13.4. The van der Waals surface area contributed by atoms with Gasteiger partial charge in [0.05, 0.1) is 29.2 Å². The van der Waals surface area contributed by atoms with E-state index >= 15 is 0 Å². The zero-order valence-corrected chi connectivity index (χ0v) is 12.3. The molecule has 3 nitrogen and oxygen atoms in total. The van der Waals surface area contributed by atoms with Crippen molar-refractivity contribution >= 4 is 22.6 Å². The van der Waals surface area contributed by atoms with Crippen molar-refractivity contribution in [1.82, 2.24) is 9.55 Å². The van der Waals surface area contributed by atoms with Crippen molar-refractivity contribution in [3.05, 3.63) is 59.7 Å². The molecular weight excluding hydrogens is 291 g/mol. The quantitative estimate of drug-likeness (QED) is 0.680. The molecule has 0 N–H and O–H groups in total. The lowest BCUT2D eigenvalue weighted by atomic mass is 10.1. The molecule has 0 aliphatic rings. The molecular formula is C16H14ClFN2O. The minimum absolute atomic E-state index is 0.248. The third-order valence-corrected chi connectivity index (χ3v) is 3.58. The second-order valence-corrected chi connectivity index (χ2v) is 4.96. The summed E-state index contributed by atoms with van der Waals surface area (Å²) in [4.78, 5) is 4.42. The Bertz CT molecular complexity index is 785. The van der Waals surface area contributed by atoms with Crippen LogP contribution >= 0.6 is 11.6 Å². The Kier molecular flexibility index (Phi) is 3.90. The summed E-state index contributed by atoms with van der Waals surface area (Å²) in [6.45, 7) is 0.485. The Balaban J connectivity index is 2.29. The van der Waals surface area contributed by atoms with Crippen LogP contribution in [0.25, 0.3) is 16.7 Å². The van der Waals surface area contributed by atoms with Gasteiger partial charge in [-0.15, -0.1) is 11.6 Å². The van der Waals surface area contributed by atoms with Gasteiger partial charge in [-0.2, -0.15) is 0 Å². The Morgan fingerprint density at radius 1 is 1.24 bits per heavy atom. The zero-order chi connectivity index (χ0) is 14.8. The predicted octanol–water partition coefficient (Wildman–Crippen LogP) is 4.05. The Hall–Kier alpha value is -1.91. The van der Waals surface area contributed by atoms with Crippen molar-refractivity contribution in [2.24, 2.45) is 0 Å². The minimum Gasteiger partial charge on any atom is -0.380 e. The summed E-state index contributed by atoms with van der Waals surface area (Å²) in [5.41, 5.74) is 3.40. The molecule has 0 spiro atoms. The second kappa shape index (κ2) is 5.84. The van der Waals surface area contributed by atoms with Crippen molar-refractivity contribution in [2.45, 2.75) is 12.5 Å². The number of para-hydroxylation sites is 1. The summed E-state index contributed by atoms with van der Waals surface area (Å²) >= 11 is 6.01. The lowest BCUT2D eigenvalue weighted by Crippen LogP contribution is -2.04. The van der Waals surface area contributed by atoms with E-state index in [-0.39, 0.29) is 11.7 Å². The van der Waals surface area contributed by atoms with Crippen LogP contribution in [0.4, 0.5) is 4.39 Å². The first-order valence-electron chi connectivity index (χ1n) is 6.54. The Morgan fingerprint density at radius 3 is 2.81 bits per heavy atom. The van der Waals surface area contributed by atoms with Crippen LogP contribution in [0.3, 0.4) is 0 Å². The first-order valence-corrected chi connectivity index (χ1v) is 7.08. The van der Waals surface area contributed by atoms with Crippen molar-refractivity contribution in [2.75, 3.05) is 7.11 Å². The number of halogens is 2. The van der Waals surface area contributed by atoms with E-state index in [1.165, 1.54) is 12.1 Å². The summed E-state index contributed by atoms with van der Waals surface area (Å²) in [5, 5.41) is 0. The highest BCUT2D eigenvalue weighted by Gasteiger charge is 2.14. The van der Waals surface area contributed by atoms with Crippen LogP contribution in [0.2, 0.25) is 0 Å². The standard InChI is InChI=1S/C16H14ClFN2O/c1-21-10-11-4-2-3-5-14(11)20-15-7-6-12(18)8-13(15)19-16(20)9-17/h2-8H,9-10H2,1H3. The van der Waals surface area contributed by atoms with Crippen LogP contribution in [0.5, 0.6) is 0 Å². The normalized spacial score (nSPS) is 11.2. The van der Waals surface area contributed by atoms with Gasteiger partial charge in [-0.3, -0.25) is 4.57 Å². The molecule has 0 fully saturated rings. The van der Waals surface area contributed by atoms with Gasteiger partial charge >= 0.3 is 0 Å². The molecule has 2 aromatic carbocycles. The highest BCUT2D eigenvalue weighted by atomic mass is 35.5. The highest BCUT2D eigenvalue weighted by Crippen LogP contribution is 2.26. The number of ether oxygens (including phenoxy) is 1. The average Bonchev–Trinajstić information content (AvgIpc) is 2.85. The maximum atomic E-state index is 13.4. The smallest absolute Gasteiger partial charge is 0.129 e. The lowest BCUT2D eigenvalue weighted by Gasteiger charge is -2.13. The molecule has 0 amide bonds. The van der Waals surface area contributed by atoms with Gasteiger partial charge in [0.1, 0.15) is 11.6 Å². The van der Waals surface area contributed by atoms with E-state index in [1.807, 2.05) is 28.8 Å². The van der Waals surface area contributed by atoms with Gasteiger partial charge < -0.3 is 4.74 Å². The number of benzene rings is 2. The number of methoxy groups -OCH3 is 1. The van der Waals surface area contributed by atoms with Gasteiger partial charge in [-0.25, -0.2) is 9.37 Å². The lowest BCUT2D eigenvalue weighted by molar-refractivity contribution is 0.185. The van der Waals surface area contributed by atoms with Crippen molar-refractivity contribution in [3.8, 4) is 5.69 Å². The average molecular weight is 305 g/mol. The van der Waals surface area contributed by atoms with E-state index in [0.717, 1.165) is 16.8 Å². The first-order chi connectivity index (χ1) is 10.2. The molecule has 3 rings (SSSR count). The number of aromatic nitrogens is 2. The van der Waals surface area contributed by atoms with Crippen LogP contribution < -0.4 is 0 Å². The number of nitrogens with zero attached hydrogens (tertiary/aromatic N) is 2. The largest absolute Gasteiger partial charge is 0.380 e. The summed E-state index contributed by atoms with van der Waals surface area (Å²) in [5.74, 6) is 0.622. The van der Waals surface area contributed by atoms with Crippen LogP contribution in [0, 0.1) is 5.82 Å². The molecule has 0 unspecified atom stereocenters. The molecule has 5 heteroatoms. The predicted molar refractivity (Wildman–Crippen MR) is 81.3 cm³/mol. The minimum atomic E-state index is -0.307. The van der Waals surface area contributed by atoms with Crippen molar-refractivity contribution in [3.63, 3.8) is 0 Å². The molecule has 0 bridgehead atoms. The van der Waals surface area contributed by atoms with Gasteiger partial charge in [-0.1, -0.05) is 18.2 Å². The summed E-state index contributed by atoms with van der Waals surface area (Å²) in [7, 11) is 1.65. The summed E-state index contributed by atoms with van der Waals surface area (Å²) < 4.78 is 20.6. The maximum Gasteiger partial charge on any atom is 0.129 e. The third-order valence-electron chi connectivity index (χ3n) is 3.34. The van der Waals surface area contributed by atoms with Crippen LogP contribution in [0.15, 0.2) is 42.5 Å². The highest BCUT2D eigenvalue weighted by molar-refractivity contribution is 6.17. The molecule has 0 saturated carbocycles. The van der Waals surface area contributed by atoms with Crippen LogP contribution in [-0.2, 0) is 17.2 Å². The van der Waals surface area contributed by atoms with Crippen LogP contribution in [0.1, 0.15) is 11.4 Å². The molecule has 21 heavy (non-hydrogen) atoms. The SMILES string of the molecule is COCc1ccccc1-n1c(CCl)nc2cc(F)ccc21. The fraction of sp³-hybridized carbons (Fsp3) is 0.188. The fourth-order valence-corrected chi connectivity index (χ4v) is 2.65. The van der Waals surface area contributed by atoms with Gasteiger partial charge in [-0.05, 0) is 18.2 Å². The number of imidazole rings is 1.